The first-order chi connectivity index (χ1) is 15.0. The first-order valence-electron chi connectivity index (χ1n) is 11.4. The molecule has 2 fully saturated rings. The number of hydrogen-bond acceptors (Lipinski definition) is 6. The number of aromatic nitrogens is 4. The third kappa shape index (κ3) is 5.54. The number of carbonyl (C=O) groups is 1. The average Bonchev–Trinajstić information content (AvgIpc) is 3.54. The molecule has 8 nitrogen and oxygen atoms in total. The fraction of sp³-hybridized carbons (Fsp3) is 0.652. The number of carbonyl (C=O) groups excluding carboxylic acids is 1. The molecule has 0 aliphatic heterocycles. The van der Waals surface area contributed by atoms with Crippen molar-refractivity contribution in [2.24, 2.45) is 13.0 Å². The van der Waals surface area contributed by atoms with Gasteiger partial charge in [0, 0.05) is 20.6 Å². The third-order valence-corrected chi connectivity index (χ3v) is 6.28. The highest BCUT2D eigenvalue weighted by atomic mass is 16.6. The monoisotopic (exact) mass is 427 g/mol. The Morgan fingerprint density at radius 1 is 1.19 bits per heavy atom. The molecule has 4 rings (SSSR count). The molecule has 8 heteroatoms. The number of ether oxygens (including phenoxy) is 2. The fourth-order valence-electron chi connectivity index (χ4n) is 4.02. The van der Waals surface area contributed by atoms with Crippen LogP contribution >= 0.6 is 0 Å². The summed E-state index contributed by atoms with van der Waals surface area (Å²) in [6, 6.07) is 3.87. The van der Waals surface area contributed by atoms with Crippen LogP contribution in [0.25, 0.3) is 11.4 Å². The molecular formula is C23H33N5O3. The lowest BCUT2D eigenvalue weighted by atomic mass is 9.98. The van der Waals surface area contributed by atoms with E-state index in [2.05, 4.69) is 10.3 Å². The lowest BCUT2D eigenvalue weighted by Gasteiger charge is -2.23. The molecule has 0 spiro atoms. The Kier molecular flexibility index (Phi) is 6.73. The van der Waals surface area contributed by atoms with E-state index in [1.165, 1.54) is 32.1 Å². The number of hydrogen-bond donors (Lipinski definition) is 0. The van der Waals surface area contributed by atoms with Crippen molar-refractivity contribution in [2.45, 2.75) is 71.0 Å². The summed E-state index contributed by atoms with van der Waals surface area (Å²) < 4.78 is 13.4. The van der Waals surface area contributed by atoms with Crippen LogP contribution in [-0.4, -0.2) is 50.7 Å². The topological polar surface area (TPSA) is 82.4 Å². The Hall–Kier alpha value is -2.64. The van der Waals surface area contributed by atoms with E-state index < -0.39 is 0 Å². The van der Waals surface area contributed by atoms with Gasteiger partial charge in [-0.15, -0.1) is 5.10 Å². The second kappa shape index (κ2) is 9.66. The molecule has 31 heavy (non-hydrogen) atoms. The Balaban J connectivity index is 1.40. The van der Waals surface area contributed by atoms with Crippen molar-refractivity contribution in [3.63, 3.8) is 0 Å². The Morgan fingerprint density at radius 3 is 2.68 bits per heavy atom. The SMILES string of the molecule is Cc1nc(-c2nnn(C)c2COC(=O)N(C)CCC2CC2)ccc1OC1CCCCC1. The van der Waals surface area contributed by atoms with E-state index in [4.69, 9.17) is 14.5 Å². The summed E-state index contributed by atoms with van der Waals surface area (Å²) >= 11 is 0. The van der Waals surface area contributed by atoms with Gasteiger partial charge in [0.1, 0.15) is 23.7 Å². The van der Waals surface area contributed by atoms with Crippen molar-refractivity contribution in [1.82, 2.24) is 24.9 Å². The van der Waals surface area contributed by atoms with Crippen LogP contribution in [0.15, 0.2) is 12.1 Å². The van der Waals surface area contributed by atoms with Gasteiger partial charge in [-0.1, -0.05) is 24.5 Å². The van der Waals surface area contributed by atoms with Crippen molar-refractivity contribution in [1.29, 1.82) is 0 Å². The second-order valence-electron chi connectivity index (χ2n) is 8.87. The minimum atomic E-state index is -0.326. The molecule has 2 saturated carbocycles. The summed E-state index contributed by atoms with van der Waals surface area (Å²) in [5.74, 6) is 1.60. The van der Waals surface area contributed by atoms with Gasteiger partial charge < -0.3 is 14.4 Å². The van der Waals surface area contributed by atoms with Gasteiger partial charge >= 0.3 is 6.09 Å². The Bertz CT molecular complexity index is 903. The van der Waals surface area contributed by atoms with Gasteiger partial charge in [-0.25, -0.2) is 14.5 Å². The summed E-state index contributed by atoms with van der Waals surface area (Å²) in [4.78, 5) is 18.7. The van der Waals surface area contributed by atoms with Crippen LogP contribution in [-0.2, 0) is 18.4 Å². The van der Waals surface area contributed by atoms with E-state index in [9.17, 15) is 4.79 Å². The van der Waals surface area contributed by atoms with Gasteiger partial charge in [-0.05, 0) is 57.1 Å². The minimum absolute atomic E-state index is 0.104. The maximum absolute atomic E-state index is 12.3. The van der Waals surface area contributed by atoms with Gasteiger partial charge in [0.2, 0.25) is 0 Å². The number of rotatable bonds is 8. The van der Waals surface area contributed by atoms with E-state index in [-0.39, 0.29) is 18.8 Å². The number of pyridine rings is 1. The molecule has 0 aromatic carbocycles. The van der Waals surface area contributed by atoms with Gasteiger partial charge in [0.15, 0.2) is 0 Å². The molecule has 2 heterocycles. The molecule has 2 aliphatic rings. The molecule has 1 amide bonds. The molecule has 2 aromatic heterocycles. The zero-order valence-corrected chi connectivity index (χ0v) is 18.8. The zero-order valence-electron chi connectivity index (χ0n) is 18.8. The molecule has 0 N–H and O–H groups in total. The lowest BCUT2D eigenvalue weighted by Crippen LogP contribution is -2.28. The molecule has 0 bridgehead atoms. The van der Waals surface area contributed by atoms with Crippen LogP contribution in [0.2, 0.25) is 0 Å². The highest BCUT2D eigenvalue weighted by molar-refractivity contribution is 5.67. The molecule has 0 atom stereocenters. The smallest absolute Gasteiger partial charge is 0.409 e. The lowest BCUT2D eigenvalue weighted by molar-refractivity contribution is 0.102. The largest absolute Gasteiger partial charge is 0.489 e. The summed E-state index contributed by atoms with van der Waals surface area (Å²) in [6.45, 7) is 2.78. The molecular weight excluding hydrogens is 394 g/mol. The minimum Gasteiger partial charge on any atom is -0.489 e. The first-order valence-corrected chi connectivity index (χ1v) is 11.4. The van der Waals surface area contributed by atoms with Gasteiger partial charge in [0.25, 0.3) is 0 Å². The van der Waals surface area contributed by atoms with Crippen molar-refractivity contribution in [3.05, 3.63) is 23.5 Å². The second-order valence-corrected chi connectivity index (χ2v) is 8.87. The van der Waals surface area contributed by atoms with Crippen LogP contribution < -0.4 is 4.74 Å². The molecule has 2 aliphatic carbocycles. The van der Waals surface area contributed by atoms with Crippen molar-refractivity contribution in [2.75, 3.05) is 13.6 Å². The van der Waals surface area contributed by atoms with Crippen LogP contribution in [0.5, 0.6) is 5.75 Å². The number of aryl methyl sites for hydroxylation is 2. The Morgan fingerprint density at radius 2 is 1.97 bits per heavy atom. The predicted octanol–water partition coefficient (Wildman–Crippen LogP) is 4.27. The van der Waals surface area contributed by atoms with Crippen molar-refractivity contribution < 1.29 is 14.3 Å². The standard InChI is InChI=1S/C23H33N5O3/c1-16-21(31-18-7-5-4-6-8-18)12-11-19(24-16)22-20(28(3)26-25-22)15-30-23(29)27(2)14-13-17-9-10-17/h11-12,17-18H,4-10,13-15H2,1-3H3. The van der Waals surface area contributed by atoms with Crippen LogP contribution in [0.3, 0.4) is 0 Å². The highest BCUT2D eigenvalue weighted by Crippen LogP contribution is 2.32. The summed E-state index contributed by atoms with van der Waals surface area (Å²) in [7, 11) is 3.58. The van der Waals surface area contributed by atoms with E-state index in [1.54, 1.807) is 23.7 Å². The quantitative estimate of drug-likeness (QED) is 0.626. The summed E-state index contributed by atoms with van der Waals surface area (Å²) in [6.07, 6.45) is 9.53. The van der Waals surface area contributed by atoms with Crippen LogP contribution in [0.1, 0.15) is 62.8 Å². The molecule has 0 unspecified atom stereocenters. The first kappa shape index (κ1) is 21.6. The highest BCUT2D eigenvalue weighted by Gasteiger charge is 2.23. The third-order valence-electron chi connectivity index (χ3n) is 6.28. The maximum Gasteiger partial charge on any atom is 0.409 e. The molecule has 0 radical (unpaired) electrons. The summed E-state index contributed by atoms with van der Waals surface area (Å²) in [5, 5.41) is 8.39. The zero-order chi connectivity index (χ0) is 21.8. The normalized spacial score (nSPS) is 16.9. The maximum atomic E-state index is 12.3. The van der Waals surface area contributed by atoms with E-state index in [1.807, 2.05) is 19.1 Å². The van der Waals surface area contributed by atoms with E-state index in [0.717, 1.165) is 48.9 Å². The number of amides is 1. The van der Waals surface area contributed by atoms with E-state index in [0.29, 0.717) is 11.4 Å². The molecule has 2 aromatic rings. The number of nitrogens with zero attached hydrogens (tertiary/aromatic N) is 5. The van der Waals surface area contributed by atoms with Gasteiger partial charge in [-0.2, -0.15) is 0 Å². The summed E-state index contributed by atoms with van der Waals surface area (Å²) in [5.41, 5.74) is 2.88. The average molecular weight is 428 g/mol. The fourth-order valence-corrected chi connectivity index (χ4v) is 4.02. The van der Waals surface area contributed by atoms with Gasteiger partial charge in [0.05, 0.1) is 17.5 Å². The predicted molar refractivity (Wildman–Crippen MR) is 117 cm³/mol. The van der Waals surface area contributed by atoms with E-state index >= 15 is 0 Å². The molecule has 0 saturated heterocycles. The molecule has 168 valence electrons. The van der Waals surface area contributed by atoms with Crippen LogP contribution in [0.4, 0.5) is 4.79 Å². The van der Waals surface area contributed by atoms with Crippen LogP contribution in [0, 0.1) is 12.8 Å². The van der Waals surface area contributed by atoms with Crippen molar-refractivity contribution >= 4 is 6.09 Å². The van der Waals surface area contributed by atoms with Crippen molar-refractivity contribution in [3.8, 4) is 17.1 Å². The Labute approximate surface area is 183 Å². The van der Waals surface area contributed by atoms with Gasteiger partial charge in [-0.3, -0.25) is 0 Å².